The van der Waals surface area contributed by atoms with Gasteiger partial charge in [0, 0.05) is 16.3 Å². The fraction of sp³-hybridized carbons (Fsp3) is 0.312. The number of nitrogen functional groups attached to an aromatic ring is 1. The summed E-state index contributed by atoms with van der Waals surface area (Å²) < 4.78 is 0. The van der Waals surface area contributed by atoms with Crippen LogP contribution >= 0.6 is 11.3 Å². The van der Waals surface area contributed by atoms with Crippen LogP contribution in [0.3, 0.4) is 0 Å². The largest absolute Gasteiger partial charge is 0.398 e. The Morgan fingerprint density at radius 3 is 2.85 bits per heavy atom. The molecule has 0 saturated carbocycles. The number of benzene rings is 1. The zero-order valence-electron chi connectivity index (χ0n) is 11.7. The molecule has 0 spiro atoms. The van der Waals surface area contributed by atoms with Crippen molar-refractivity contribution >= 4 is 28.6 Å². The first-order chi connectivity index (χ1) is 9.56. The molecule has 3 rings (SSSR count). The summed E-state index contributed by atoms with van der Waals surface area (Å²) >= 11 is 1.62. The molecule has 0 fully saturated rings. The molecule has 3 N–H and O–H groups in total. The Morgan fingerprint density at radius 1 is 1.30 bits per heavy atom. The number of anilines is 2. The van der Waals surface area contributed by atoms with Gasteiger partial charge in [-0.2, -0.15) is 0 Å². The molecule has 1 aromatic heterocycles. The highest BCUT2D eigenvalue weighted by Crippen LogP contribution is 2.32. The molecule has 1 aliphatic carbocycles. The maximum atomic E-state index is 12.4. The van der Waals surface area contributed by atoms with Crippen LogP contribution in [0.25, 0.3) is 0 Å². The second-order valence-corrected chi connectivity index (χ2v) is 6.48. The first-order valence-corrected chi connectivity index (χ1v) is 7.66. The van der Waals surface area contributed by atoms with E-state index in [0.717, 1.165) is 34.5 Å². The van der Waals surface area contributed by atoms with Crippen molar-refractivity contribution in [1.82, 2.24) is 0 Å². The van der Waals surface area contributed by atoms with Gasteiger partial charge >= 0.3 is 0 Å². The van der Waals surface area contributed by atoms with Crippen LogP contribution in [0.15, 0.2) is 18.2 Å². The van der Waals surface area contributed by atoms with E-state index in [1.54, 1.807) is 11.3 Å². The number of aryl methyl sites for hydroxylation is 3. The number of amides is 1. The fourth-order valence-corrected chi connectivity index (χ4v) is 3.82. The summed E-state index contributed by atoms with van der Waals surface area (Å²) in [6.07, 6.45) is 3.44. The molecule has 20 heavy (non-hydrogen) atoms. The molecule has 1 heterocycles. The van der Waals surface area contributed by atoms with Crippen LogP contribution in [0.1, 0.15) is 37.7 Å². The van der Waals surface area contributed by atoms with Gasteiger partial charge in [-0.05, 0) is 61.9 Å². The molecule has 0 radical (unpaired) electrons. The number of hydrogen-bond donors (Lipinski definition) is 2. The summed E-state index contributed by atoms with van der Waals surface area (Å²) in [5.74, 6) is -0.0267. The van der Waals surface area contributed by atoms with Crippen LogP contribution in [-0.4, -0.2) is 5.91 Å². The molecule has 0 unspecified atom stereocenters. The molecule has 2 aromatic rings. The maximum Gasteiger partial charge on any atom is 0.265 e. The molecule has 1 aliphatic rings. The van der Waals surface area contributed by atoms with Gasteiger partial charge in [0.25, 0.3) is 5.91 Å². The number of nitrogens with one attached hydrogen (secondary N) is 1. The molecular formula is C16H18N2OS. The summed E-state index contributed by atoms with van der Waals surface area (Å²) in [5.41, 5.74) is 10.8. The summed E-state index contributed by atoms with van der Waals surface area (Å²) in [4.78, 5) is 14.6. The van der Waals surface area contributed by atoms with Gasteiger partial charge in [0.05, 0.1) is 4.88 Å². The van der Waals surface area contributed by atoms with E-state index in [4.69, 9.17) is 5.73 Å². The Bertz CT molecular complexity index is 667. The van der Waals surface area contributed by atoms with E-state index in [9.17, 15) is 4.79 Å². The number of thiophene rings is 1. The molecule has 4 heteroatoms. The van der Waals surface area contributed by atoms with Crippen molar-refractivity contribution in [3.8, 4) is 0 Å². The Hall–Kier alpha value is -1.81. The molecule has 3 nitrogen and oxygen atoms in total. The molecule has 0 bridgehead atoms. The highest BCUT2D eigenvalue weighted by molar-refractivity contribution is 7.14. The summed E-state index contributed by atoms with van der Waals surface area (Å²) in [6, 6.07) is 5.85. The minimum atomic E-state index is -0.0267. The zero-order chi connectivity index (χ0) is 14.3. The van der Waals surface area contributed by atoms with Crippen molar-refractivity contribution < 1.29 is 4.79 Å². The van der Waals surface area contributed by atoms with E-state index in [2.05, 4.69) is 5.32 Å². The quantitative estimate of drug-likeness (QED) is 0.827. The first-order valence-electron chi connectivity index (χ1n) is 6.85. The minimum absolute atomic E-state index is 0.0267. The SMILES string of the molecule is Cc1ccc(N)c(C)c1NC(=O)c1cc2c(s1)CCC2. The van der Waals surface area contributed by atoms with Crippen LogP contribution in [0, 0.1) is 13.8 Å². The number of rotatable bonds is 2. The number of carbonyl (C=O) groups excluding carboxylic acids is 1. The van der Waals surface area contributed by atoms with Crippen LogP contribution in [0.4, 0.5) is 11.4 Å². The smallest absolute Gasteiger partial charge is 0.265 e. The van der Waals surface area contributed by atoms with E-state index in [1.165, 1.54) is 16.9 Å². The second-order valence-electron chi connectivity index (χ2n) is 5.34. The normalized spacial score (nSPS) is 13.3. The Morgan fingerprint density at radius 2 is 2.10 bits per heavy atom. The van der Waals surface area contributed by atoms with Crippen molar-refractivity contribution in [2.75, 3.05) is 11.1 Å². The van der Waals surface area contributed by atoms with Crippen molar-refractivity contribution in [3.05, 3.63) is 44.6 Å². The van der Waals surface area contributed by atoms with E-state index in [0.29, 0.717) is 5.69 Å². The average molecular weight is 286 g/mol. The van der Waals surface area contributed by atoms with Gasteiger partial charge in [0.1, 0.15) is 0 Å². The lowest BCUT2D eigenvalue weighted by Crippen LogP contribution is -2.13. The fourth-order valence-electron chi connectivity index (χ4n) is 2.67. The third-order valence-electron chi connectivity index (χ3n) is 3.92. The maximum absolute atomic E-state index is 12.4. The highest BCUT2D eigenvalue weighted by Gasteiger charge is 2.19. The van der Waals surface area contributed by atoms with Crippen molar-refractivity contribution in [1.29, 1.82) is 0 Å². The molecule has 0 aliphatic heterocycles. The minimum Gasteiger partial charge on any atom is -0.398 e. The highest BCUT2D eigenvalue weighted by atomic mass is 32.1. The van der Waals surface area contributed by atoms with E-state index >= 15 is 0 Å². The van der Waals surface area contributed by atoms with Crippen LogP contribution in [0.2, 0.25) is 0 Å². The van der Waals surface area contributed by atoms with Gasteiger partial charge in [-0.1, -0.05) is 6.07 Å². The Balaban J connectivity index is 1.87. The lowest BCUT2D eigenvalue weighted by molar-refractivity contribution is 0.103. The van der Waals surface area contributed by atoms with E-state index < -0.39 is 0 Å². The van der Waals surface area contributed by atoms with Crippen LogP contribution in [0.5, 0.6) is 0 Å². The van der Waals surface area contributed by atoms with Crippen LogP contribution < -0.4 is 11.1 Å². The Labute approximate surface area is 122 Å². The standard InChI is InChI=1S/C16H18N2OS/c1-9-6-7-12(17)10(2)15(9)18-16(19)14-8-11-4-3-5-13(11)20-14/h6-8H,3-5,17H2,1-2H3,(H,18,19). The topological polar surface area (TPSA) is 55.1 Å². The molecule has 1 aromatic carbocycles. The average Bonchev–Trinajstić information content (AvgIpc) is 3.00. The number of fused-ring (bicyclic) bond motifs is 1. The van der Waals surface area contributed by atoms with Crippen molar-refractivity contribution in [2.24, 2.45) is 0 Å². The number of carbonyl (C=O) groups is 1. The van der Waals surface area contributed by atoms with Gasteiger partial charge in [-0.15, -0.1) is 11.3 Å². The summed E-state index contributed by atoms with van der Waals surface area (Å²) in [5, 5.41) is 3.02. The molecule has 104 valence electrons. The van der Waals surface area contributed by atoms with Gasteiger partial charge in [-0.25, -0.2) is 0 Å². The lowest BCUT2D eigenvalue weighted by Gasteiger charge is -2.12. The van der Waals surface area contributed by atoms with Gasteiger partial charge in [0.15, 0.2) is 0 Å². The number of nitrogens with two attached hydrogens (primary N) is 1. The van der Waals surface area contributed by atoms with E-state index in [1.807, 2.05) is 32.0 Å². The summed E-state index contributed by atoms with van der Waals surface area (Å²) in [7, 11) is 0. The van der Waals surface area contributed by atoms with Crippen molar-refractivity contribution in [3.63, 3.8) is 0 Å². The molecule has 0 atom stereocenters. The Kier molecular flexibility index (Phi) is 3.26. The van der Waals surface area contributed by atoms with E-state index in [-0.39, 0.29) is 5.91 Å². The lowest BCUT2D eigenvalue weighted by atomic mass is 10.1. The first kappa shape index (κ1) is 13.2. The van der Waals surface area contributed by atoms with Crippen molar-refractivity contribution in [2.45, 2.75) is 33.1 Å². The second kappa shape index (κ2) is 4.94. The zero-order valence-corrected chi connectivity index (χ0v) is 12.6. The molecule has 1 amide bonds. The molecule has 0 saturated heterocycles. The van der Waals surface area contributed by atoms with Crippen LogP contribution in [-0.2, 0) is 12.8 Å². The monoisotopic (exact) mass is 286 g/mol. The predicted molar refractivity (Wildman–Crippen MR) is 84.6 cm³/mol. The molecular weight excluding hydrogens is 268 g/mol. The third kappa shape index (κ3) is 2.20. The third-order valence-corrected chi connectivity index (χ3v) is 5.16. The van der Waals surface area contributed by atoms with Gasteiger partial charge in [0.2, 0.25) is 0 Å². The van der Waals surface area contributed by atoms with Gasteiger partial charge < -0.3 is 11.1 Å². The predicted octanol–water partition coefficient (Wildman–Crippen LogP) is 3.69. The number of hydrogen-bond acceptors (Lipinski definition) is 3. The van der Waals surface area contributed by atoms with Gasteiger partial charge in [-0.3, -0.25) is 4.79 Å². The summed E-state index contributed by atoms with van der Waals surface area (Å²) in [6.45, 7) is 3.92.